The SMILES string of the molecule is CCN1C(=O)C(=Cc2cccc3ccccc23)OC1=S. The van der Waals surface area contributed by atoms with Crippen molar-refractivity contribution in [3.63, 3.8) is 0 Å². The molecular formula is C16H13NO2S. The summed E-state index contributed by atoms with van der Waals surface area (Å²) in [7, 11) is 0. The first-order valence-corrected chi connectivity index (χ1v) is 6.84. The van der Waals surface area contributed by atoms with Crippen molar-refractivity contribution >= 4 is 40.1 Å². The van der Waals surface area contributed by atoms with E-state index in [2.05, 4.69) is 0 Å². The number of nitrogens with zero attached hydrogens (tertiary/aromatic N) is 1. The first-order valence-electron chi connectivity index (χ1n) is 6.44. The summed E-state index contributed by atoms with van der Waals surface area (Å²) in [5.74, 6) is 0.110. The number of carbonyl (C=O) groups excluding carboxylic acids is 1. The van der Waals surface area contributed by atoms with E-state index in [0.717, 1.165) is 16.3 Å². The molecule has 100 valence electrons. The molecule has 0 radical (unpaired) electrons. The Morgan fingerprint density at radius 1 is 1.20 bits per heavy atom. The Bertz CT molecular complexity index is 731. The Balaban J connectivity index is 2.07. The fourth-order valence-corrected chi connectivity index (χ4v) is 2.59. The molecule has 0 saturated carbocycles. The lowest BCUT2D eigenvalue weighted by Crippen LogP contribution is -2.27. The molecule has 1 aliphatic rings. The Morgan fingerprint density at radius 2 is 1.95 bits per heavy atom. The number of thiocarbonyl (C=S) groups is 1. The van der Waals surface area contributed by atoms with Crippen molar-refractivity contribution < 1.29 is 9.53 Å². The Morgan fingerprint density at radius 3 is 2.70 bits per heavy atom. The average Bonchev–Trinajstić information content (AvgIpc) is 2.73. The van der Waals surface area contributed by atoms with Gasteiger partial charge in [-0.2, -0.15) is 0 Å². The summed E-state index contributed by atoms with van der Waals surface area (Å²) in [4.78, 5) is 13.6. The van der Waals surface area contributed by atoms with Crippen molar-refractivity contribution in [3.05, 3.63) is 53.8 Å². The third-order valence-electron chi connectivity index (χ3n) is 3.30. The van der Waals surface area contributed by atoms with E-state index in [4.69, 9.17) is 17.0 Å². The van der Waals surface area contributed by atoms with Crippen LogP contribution in [0.5, 0.6) is 0 Å². The van der Waals surface area contributed by atoms with Gasteiger partial charge in [0, 0.05) is 6.54 Å². The third kappa shape index (κ3) is 2.08. The van der Waals surface area contributed by atoms with Crippen molar-refractivity contribution in [3.8, 4) is 0 Å². The van der Waals surface area contributed by atoms with Crippen molar-refractivity contribution in [2.45, 2.75) is 6.92 Å². The summed E-state index contributed by atoms with van der Waals surface area (Å²) in [6.07, 6.45) is 1.76. The van der Waals surface area contributed by atoms with Crippen LogP contribution in [0.3, 0.4) is 0 Å². The van der Waals surface area contributed by atoms with E-state index in [9.17, 15) is 4.79 Å². The van der Waals surface area contributed by atoms with Gasteiger partial charge in [-0.1, -0.05) is 42.5 Å². The van der Waals surface area contributed by atoms with Crippen molar-refractivity contribution in [1.82, 2.24) is 4.90 Å². The second kappa shape index (κ2) is 5.06. The van der Waals surface area contributed by atoms with E-state index in [1.165, 1.54) is 4.90 Å². The summed E-state index contributed by atoms with van der Waals surface area (Å²) in [6, 6.07) is 14.0. The van der Waals surface area contributed by atoms with Gasteiger partial charge in [0.15, 0.2) is 5.76 Å². The van der Waals surface area contributed by atoms with Crippen LogP contribution in [0.25, 0.3) is 16.8 Å². The van der Waals surface area contributed by atoms with Crippen molar-refractivity contribution in [2.75, 3.05) is 6.54 Å². The monoisotopic (exact) mass is 283 g/mol. The Kier molecular flexibility index (Phi) is 3.24. The molecule has 0 bridgehead atoms. The van der Waals surface area contributed by atoms with E-state index < -0.39 is 0 Å². The molecule has 3 nitrogen and oxygen atoms in total. The van der Waals surface area contributed by atoms with Gasteiger partial charge in [-0.05, 0) is 41.6 Å². The number of fused-ring (bicyclic) bond motifs is 1. The lowest BCUT2D eigenvalue weighted by atomic mass is 10.0. The highest BCUT2D eigenvalue weighted by molar-refractivity contribution is 7.80. The van der Waals surface area contributed by atoms with Crippen LogP contribution in [-0.2, 0) is 9.53 Å². The molecular weight excluding hydrogens is 270 g/mol. The molecule has 2 aromatic carbocycles. The number of benzene rings is 2. The molecule has 0 aromatic heterocycles. The average molecular weight is 283 g/mol. The van der Waals surface area contributed by atoms with Crippen molar-refractivity contribution in [1.29, 1.82) is 0 Å². The van der Waals surface area contributed by atoms with Gasteiger partial charge in [-0.3, -0.25) is 9.69 Å². The van der Waals surface area contributed by atoms with Gasteiger partial charge in [0.1, 0.15) is 0 Å². The van der Waals surface area contributed by atoms with E-state index in [-0.39, 0.29) is 16.8 Å². The first kappa shape index (κ1) is 12.8. The van der Waals surface area contributed by atoms with Gasteiger partial charge >= 0.3 is 0 Å². The summed E-state index contributed by atoms with van der Waals surface area (Å²) in [5.41, 5.74) is 0.951. The molecule has 1 saturated heterocycles. The van der Waals surface area contributed by atoms with Gasteiger partial charge in [0.2, 0.25) is 0 Å². The highest BCUT2D eigenvalue weighted by atomic mass is 32.1. The maximum atomic E-state index is 12.1. The molecule has 2 aromatic rings. The van der Waals surface area contributed by atoms with Crippen LogP contribution in [0.4, 0.5) is 0 Å². The van der Waals surface area contributed by atoms with Gasteiger partial charge in [0.05, 0.1) is 0 Å². The van der Waals surface area contributed by atoms with E-state index in [1.54, 1.807) is 6.08 Å². The Labute approximate surface area is 122 Å². The lowest BCUT2D eigenvalue weighted by Gasteiger charge is -2.06. The quantitative estimate of drug-likeness (QED) is 0.625. The zero-order valence-corrected chi connectivity index (χ0v) is 11.8. The predicted molar refractivity (Wildman–Crippen MR) is 83.0 cm³/mol. The third-order valence-corrected chi connectivity index (χ3v) is 3.60. The van der Waals surface area contributed by atoms with Crippen LogP contribution in [0, 0.1) is 0 Å². The van der Waals surface area contributed by atoms with E-state index >= 15 is 0 Å². The minimum Gasteiger partial charge on any atom is -0.426 e. The van der Waals surface area contributed by atoms with E-state index in [0.29, 0.717) is 6.54 Å². The zero-order chi connectivity index (χ0) is 14.1. The molecule has 0 unspecified atom stereocenters. The number of ether oxygens (including phenoxy) is 1. The second-order valence-electron chi connectivity index (χ2n) is 4.49. The van der Waals surface area contributed by atoms with E-state index in [1.807, 2.05) is 49.4 Å². The summed E-state index contributed by atoms with van der Waals surface area (Å²) in [6.45, 7) is 2.39. The molecule has 1 fully saturated rings. The molecule has 20 heavy (non-hydrogen) atoms. The van der Waals surface area contributed by atoms with Gasteiger partial charge in [-0.25, -0.2) is 0 Å². The molecule has 1 amide bonds. The Hall–Kier alpha value is -2.20. The molecule has 3 rings (SSSR count). The molecule has 0 atom stereocenters. The van der Waals surface area contributed by atoms with Crippen LogP contribution < -0.4 is 0 Å². The van der Waals surface area contributed by atoms with Crippen LogP contribution >= 0.6 is 12.2 Å². The van der Waals surface area contributed by atoms with Crippen LogP contribution in [0.2, 0.25) is 0 Å². The fourth-order valence-electron chi connectivity index (χ4n) is 2.29. The van der Waals surface area contributed by atoms with Crippen LogP contribution in [0.15, 0.2) is 48.2 Å². The lowest BCUT2D eigenvalue weighted by molar-refractivity contribution is -0.122. The van der Waals surface area contributed by atoms with Gasteiger partial charge < -0.3 is 4.74 Å². The van der Waals surface area contributed by atoms with Crippen molar-refractivity contribution in [2.24, 2.45) is 0 Å². The van der Waals surface area contributed by atoms with Crippen LogP contribution in [-0.4, -0.2) is 22.5 Å². The number of amides is 1. The number of likely N-dealkylation sites (N-methyl/N-ethyl adjacent to an activating group) is 1. The minimum absolute atomic E-state index is 0.176. The van der Waals surface area contributed by atoms with Gasteiger partial charge in [-0.15, -0.1) is 0 Å². The maximum absolute atomic E-state index is 12.1. The highest BCUT2D eigenvalue weighted by Gasteiger charge is 2.32. The molecule has 4 heteroatoms. The first-order chi connectivity index (χ1) is 9.70. The van der Waals surface area contributed by atoms with Gasteiger partial charge in [0.25, 0.3) is 11.1 Å². The molecule has 1 aliphatic heterocycles. The van der Waals surface area contributed by atoms with Crippen LogP contribution in [0.1, 0.15) is 12.5 Å². The normalized spacial score (nSPS) is 17.1. The number of hydrogen-bond donors (Lipinski definition) is 0. The molecule has 0 spiro atoms. The summed E-state index contributed by atoms with van der Waals surface area (Å²) < 4.78 is 5.40. The predicted octanol–water partition coefficient (Wildman–Crippen LogP) is 3.34. The second-order valence-corrected chi connectivity index (χ2v) is 4.84. The standard InChI is InChI=1S/C16H13NO2S/c1-2-17-15(18)14(19-16(17)20)10-12-8-5-7-11-6-3-4-9-13(11)12/h3-10H,2H2,1H3. The summed E-state index contributed by atoms with van der Waals surface area (Å²) in [5, 5.41) is 2.44. The smallest absolute Gasteiger partial charge is 0.297 e. The minimum atomic E-state index is -0.176. The zero-order valence-electron chi connectivity index (χ0n) is 11.0. The maximum Gasteiger partial charge on any atom is 0.297 e. The highest BCUT2D eigenvalue weighted by Crippen LogP contribution is 2.24. The number of rotatable bonds is 2. The molecule has 0 N–H and O–H groups in total. The number of carbonyl (C=O) groups is 1. The molecule has 1 heterocycles. The summed E-state index contributed by atoms with van der Waals surface area (Å²) >= 11 is 5.05. The topological polar surface area (TPSA) is 29.5 Å². The largest absolute Gasteiger partial charge is 0.426 e. The fraction of sp³-hybridized carbons (Fsp3) is 0.125. The molecule has 0 aliphatic carbocycles. The number of hydrogen-bond acceptors (Lipinski definition) is 3.